The third kappa shape index (κ3) is 2.84. The number of aliphatic hydroxyl groups is 1. The molecule has 0 spiro atoms. The van der Waals surface area contributed by atoms with Crippen LogP contribution in [-0.2, 0) is 4.79 Å². The average molecular weight is 271 g/mol. The zero-order valence-electron chi connectivity index (χ0n) is 10.5. The lowest BCUT2D eigenvalue weighted by Crippen LogP contribution is -2.11. The second-order valence-electron chi connectivity index (χ2n) is 4.18. The molecule has 5 heteroatoms. The van der Waals surface area contributed by atoms with Gasteiger partial charge in [0, 0.05) is 11.1 Å². The van der Waals surface area contributed by atoms with Crippen LogP contribution in [0, 0.1) is 0 Å². The van der Waals surface area contributed by atoms with Crippen LogP contribution in [0.2, 0.25) is 0 Å². The standard InChI is InChI=1S/C15H13NO4/c17-14(15(18)19)12-8-6-11(7-9-12)13(16-20)10-4-2-1-3-5-10/h1-9,14,17,20H,(H,18,19). The van der Waals surface area contributed by atoms with Crippen molar-refractivity contribution in [1.82, 2.24) is 0 Å². The number of aliphatic carboxylic acids is 1. The molecule has 0 aliphatic heterocycles. The molecule has 20 heavy (non-hydrogen) atoms. The number of aliphatic hydroxyl groups excluding tert-OH is 1. The largest absolute Gasteiger partial charge is 0.479 e. The van der Waals surface area contributed by atoms with E-state index in [2.05, 4.69) is 5.16 Å². The number of nitrogens with zero attached hydrogens (tertiary/aromatic N) is 1. The van der Waals surface area contributed by atoms with Gasteiger partial charge in [0.15, 0.2) is 6.10 Å². The minimum Gasteiger partial charge on any atom is -0.479 e. The van der Waals surface area contributed by atoms with Gasteiger partial charge in [-0.15, -0.1) is 0 Å². The van der Waals surface area contributed by atoms with E-state index in [1.165, 1.54) is 12.1 Å². The molecule has 0 saturated heterocycles. The molecule has 0 aliphatic carbocycles. The molecule has 2 aromatic carbocycles. The zero-order valence-corrected chi connectivity index (χ0v) is 10.5. The predicted octanol–water partition coefficient (Wildman–Crippen LogP) is 2.03. The fraction of sp³-hybridized carbons (Fsp3) is 0.0667. The summed E-state index contributed by atoms with van der Waals surface area (Å²) in [6.07, 6.45) is -1.56. The highest BCUT2D eigenvalue weighted by atomic mass is 16.4. The number of hydrogen-bond acceptors (Lipinski definition) is 4. The van der Waals surface area contributed by atoms with Gasteiger partial charge in [0.05, 0.1) is 0 Å². The van der Waals surface area contributed by atoms with E-state index in [-0.39, 0.29) is 5.56 Å². The quantitative estimate of drug-likeness (QED) is 0.451. The van der Waals surface area contributed by atoms with E-state index in [9.17, 15) is 9.90 Å². The van der Waals surface area contributed by atoms with Crippen molar-refractivity contribution < 1.29 is 20.2 Å². The van der Waals surface area contributed by atoms with Crippen LogP contribution >= 0.6 is 0 Å². The lowest BCUT2D eigenvalue weighted by molar-refractivity contribution is -0.146. The van der Waals surface area contributed by atoms with Crippen molar-refractivity contribution in [2.24, 2.45) is 5.16 Å². The highest BCUT2D eigenvalue weighted by molar-refractivity contribution is 6.12. The SMILES string of the molecule is O=C(O)C(O)c1ccc(C(=NO)c2ccccc2)cc1. The van der Waals surface area contributed by atoms with Crippen molar-refractivity contribution in [2.45, 2.75) is 6.10 Å². The first-order valence-electron chi connectivity index (χ1n) is 5.92. The monoisotopic (exact) mass is 271 g/mol. The average Bonchev–Trinajstić information content (AvgIpc) is 2.49. The molecule has 3 N–H and O–H groups in total. The van der Waals surface area contributed by atoms with Crippen molar-refractivity contribution in [3.8, 4) is 0 Å². The Hall–Kier alpha value is -2.66. The van der Waals surface area contributed by atoms with Crippen LogP contribution in [-0.4, -0.2) is 27.1 Å². The maximum Gasteiger partial charge on any atom is 0.337 e. The number of hydrogen-bond donors (Lipinski definition) is 3. The molecule has 0 aliphatic rings. The summed E-state index contributed by atoms with van der Waals surface area (Å²) in [5.41, 5.74) is 2.01. The molecule has 0 heterocycles. The molecule has 2 aromatic rings. The summed E-state index contributed by atoms with van der Waals surface area (Å²) in [5.74, 6) is -1.31. The van der Waals surface area contributed by atoms with E-state index in [0.717, 1.165) is 5.56 Å². The van der Waals surface area contributed by atoms with Crippen LogP contribution in [0.15, 0.2) is 59.8 Å². The maximum atomic E-state index is 10.7. The fourth-order valence-corrected chi connectivity index (χ4v) is 1.84. The van der Waals surface area contributed by atoms with Gasteiger partial charge in [-0.05, 0) is 5.56 Å². The first-order valence-corrected chi connectivity index (χ1v) is 5.92. The predicted molar refractivity (Wildman–Crippen MR) is 72.9 cm³/mol. The highest BCUT2D eigenvalue weighted by Crippen LogP contribution is 2.16. The zero-order chi connectivity index (χ0) is 14.5. The van der Waals surface area contributed by atoms with E-state index >= 15 is 0 Å². The third-order valence-corrected chi connectivity index (χ3v) is 2.88. The van der Waals surface area contributed by atoms with Crippen LogP contribution in [0.1, 0.15) is 22.8 Å². The Bertz CT molecular complexity index is 620. The molecule has 0 amide bonds. The minimum atomic E-state index is -1.56. The second-order valence-corrected chi connectivity index (χ2v) is 4.18. The molecule has 1 atom stereocenters. The van der Waals surface area contributed by atoms with Gasteiger partial charge in [0.25, 0.3) is 0 Å². The Morgan fingerprint density at radius 3 is 2.00 bits per heavy atom. The molecular weight excluding hydrogens is 258 g/mol. The summed E-state index contributed by atoms with van der Waals surface area (Å²) >= 11 is 0. The van der Waals surface area contributed by atoms with E-state index in [1.54, 1.807) is 24.3 Å². The molecule has 0 fully saturated rings. The van der Waals surface area contributed by atoms with Gasteiger partial charge in [-0.3, -0.25) is 0 Å². The van der Waals surface area contributed by atoms with Gasteiger partial charge in [-0.2, -0.15) is 0 Å². The Balaban J connectivity index is 2.32. The number of rotatable bonds is 4. The van der Waals surface area contributed by atoms with Gasteiger partial charge in [0.2, 0.25) is 0 Å². The summed E-state index contributed by atoms with van der Waals surface area (Å²) in [5, 5.41) is 30.6. The topological polar surface area (TPSA) is 90.1 Å². The van der Waals surface area contributed by atoms with Gasteiger partial charge >= 0.3 is 5.97 Å². The van der Waals surface area contributed by atoms with Crippen LogP contribution < -0.4 is 0 Å². The Morgan fingerprint density at radius 1 is 0.950 bits per heavy atom. The lowest BCUT2D eigenvalue weighted by atomic mass is 10.00. The van der Waals surface area contributed by atoms with Crippen LogP contribution in [0.5, 0.6) is 0 Å². The Morgan fingerprint density at radius 2 is 1.50 bits per heavy atom. The molecule has 0 saturated carbocycles. The van der Waals surface area contributed by atoms with E-state index in [1.807, 2.05) is 18.2 Å². The lowest BCUT2D eigenvalue weighted by Gasteiger charge is -2.08. The third-order valence-electron chi connectivity index (χ3n) is 2.88. The number of carbonyl (C=O) groups is 1. The molecule has 0 bridgehead atoms. The fourth-order valence-electron chi connectivity index (χ4n) is 1.84. The normalized spacial score (nSPS) is 12.9. The first kappa shape index (κ1) is 13.8. The maximum absolute atomic E-state index is 10.7. The highest BCUT2D eigenvalue weighted by Gasteiger charge is 2.16. The van der Waals surface area contributed by atoms with E-state index in [4.69, 9.17) is 10.3 Å². The number of carboxylic acid groups (broad SMARTS) is 1. The number of carboxylic acids is 1. The summed E-state index contributed by atoms with van der Waals surface area (Å²) in [6.45, 7) is 0. The summed E-state index contributed by atoms with van der Waals surface area (Å²) in [7, 11) is 0. The van der Waals surface area contributed by atoms with Crippen LogP contribution in [0.25, 0.3) is 0 Å². The molecule has 2 rings (SSSR count). The summed E-state index contributed by atoms with van der Waals surface area (Å²) in [4.78, 5) is 10.7. The van der Waals surface area contributed by atoms with Crippen molar-refractivity contribution in [3.63, 3.8) is 0 Å². The van der Waals surface area contributed by atoms with Crippen molar-refractivity contribution in [2.75, 3.05) is 0 Å². The molecule has 5 nitrogen and oxygen atoms in total. The first-order chi connectivity index (χ1) is 9.63. The van der Waals surface area contributed by atoms with Crippen LogP contribution in [0.4, 0.5) is 0 Å². The Labute approximate surface area is 115 Å². The van der Waals surface area contributed by atoms with Gasteiger partial charge in [-0.1, -0.05) is 59.8 Å². The van der Waals surface area contributed by atoms with E-state index in [0.29, 0.717) is 11.3 Å². The molecule has 0 aromatic heterocycles. The van der Waals surface area contributed by atoms with Crippen molar-refractivity contribution in [3.05, 3.63) is 71.3 Å². The summed E-state index contributed by atoms with van der Waals surface area (Å²) in [6, 6.07) is 15.3. The molecule has 102 valence electrons. The smallest absolute Gasteiger partial charge is 0.337 e. The molecule has 0 radical (unpaired) electrons. The van der Waals surface area contributed by atoms with E-state index < -0.39 is 12.1 Å². The minimum absolute atomic E-state index is 0.270. The van der Waals surface area contributed by atoms with Gasteiger partial charge in [0.1, 0.15) is 5.71 Å². The van der Waals surface area contributed by atoms with Gasteiger partial charge in [-0.25, -0.2) is 4.79 Å². The van der Waals surface area contributed by atoms with Gasteiger partial charge < -0.3 is 15.4 Å². The Kier molecular flexibility index (Phi) is 4.12. The molecule has 1 unspecified atom stereocenters. The number of benzene rings is 2. The summed E-state index contributed by atoms with van der Waals surface area (Å²) < 4.78 is 0. The molecular formula is C15H13NO4. The van der Waals surface area contributed by atoms with Crippen LogP contribution in [0.3, 0.4) is 0 Å². The second kappa shape index (κ2) is 5.99. The van der Waals surface area contributed by atoms with Crippen molar-refractivity contribution in [1.29, 1.82) is 0 Å². The van der Waals surface area contributed by atoms with Crippen molar-refractivity contribution >= 4 is 11.7 Å². The number of oxime groups is 1.